The van der Waals surface area contributed by atoms with Crippen LogP contribution in [0.2, 0.25) is 0 Å². The van der Waals surface area contributed by atoms with Crippen LogP contribution in [0.15, 0.2) is 61.3 Å². The van der Waals surface area contributed by atoms with E-state index >= 15 is 0 Å². The second kappa shape index (κ2) is 5.87. The highest BCUT2D eigenvalue weighted by Gasteiger charge is 2.07. The quantitative estimate of drug-likeness (QED) is 0.680. The topological polar surface area (TPSA) is 12.9 Å². The van der Waals surface area contributed by atoms with Crippen LogP contribution in [0.3, 0.4) is 0 Å². The van der Waals surface area contributed by atoms with Crippen molar-refractivity contribution < 1.29 is 0 Å². The van der Waals surface area contributed by atoms with E-state index in [9.17, 15) is 0 Å². The number of fused-ring (bicyclic) bond motifs is 1. The van der Waals surface area contributed by atoms with Crippen molar-refractivity contribution in [2.24, 2.45) is 5.92 Å². The van der Waals surface area contributed by atoms with Crippen LogP contribution in [0.25, 0.3) is 16.3 Å². The Labute approximate surface area is 121 Å². The Morgan fingerprint density at radius 1 is 1.25 bits per heavy atom. The van der Waals surface area contributed by atoms with Gasteiger partial charge in [0.05, 0.1) is 5.69 Å². The van der Waals surface area contributed by atoms with Crippen LogP contribution in [-0.2, 0) is 0 Å². The van der Waals surface area contributed by atoms with Gasteiger partial charge in [-0.3, -0.25) is 4.98 Å². The van der Waals surface area contributed by atoms with Gasteiger partial charge in [-0.15, -0.1) is 0 Å². The number of benzene rings is 1. The first-order chi connectivity index (χ1) is 9.52. The second-order valence-corrected chi connectivity index (χ2v) is 5.41. The fourth-order valence-electron chi connectivity index (χ4n) is 2.27. The second-order valence-electron chi connectivity index (χ2n) is 5.41. The molecule has 1 aromatic carbocycles. The van der Waals surface area contributed by atoms with Crippen LogP contribution in [0, 0.1) is 12.8 Å². The van der Waals surface area contributed by atoms with Crippen LogP contribution in [0.4, 0.5) is 0 Å². The van der Waals surface area contributed by atoms with E-state index in [0.717, 1.165) is 16.7 Å². The van der Waals surface area contributed by atoms with Gasteiger partial charge in [0.25, 0.3) is 0 Å². The van der Waals surface area contributed by atoms with E-state index in [-0.39, 0.29) is 0 Å². The van der Waals surface area contributed by atoms with Crippen molar-refractivity contribution >= 4 is 16.3 Å². The SMILES string of the molecule is C=C/C(=C\C(=C)c1nccc2ccc(C)cc12)C(C)C. The molecule has 2 rings (SSSR count). The minimum absolute atomic E-state index is 0.431. The Morgan fingerprint density at radius 2 is 2.00 bits per heavy atom. The first-order valence-corrected chi connectivity index (χ1v) is 6.91. The fourth-order valence-corrected chi connectivity index (χ4v) is 2.27. The molecular weight excluding hydrogens is 242 g/mol. The average molecular weight is 263 g/mol. The molecule has 1 nitrogen and oxygen atoms in total. The smallest absolute Gasteiger partial charge is 0.0774 e. The number of pyridine rings is 1. The number of nitrogens with zero attached hydrogens (tertiary/aromatic N) is 1. The molecule has 0 bridgehead atoms. The van der Waals surface area contributed by atoms with E-state index in [4.69, 9.17) is 0 Å². The Kier molecular flexibility index (Phi) is 4.19. The predicted octanol–water partition coefficient (Wildman–Crippen LogP) is 5.32. The van der Waals surface area contributed by atoms with Gasteiger partial charge in [-0.05, 0) is 47.6 Å². The van der Waals surface area contributed by atoms with Crippen molar-refractivity contribution in [3.05, 3.63) is 72.6 Å². The van der Waals surface area contributed by atoms with Gasteiger partial charge in [-0.25, -0.2) is 0 Å². The van der Waals surface area contributed by atoms with Crippen LogP contribution in [0.1, 0.15) is 25.1 Å². The Morgan fingerprint density at radius 3 is 2.65 bits per heavy atom. The third-order valence-electron chi connectivity index (χ3n) is 3.47. The average Bonchev–Trinajstić information content (AvgIpc) is 2.43. The highest BCUT2D eigenvalue weighted by molar-refractivity contribution is 5.94. The maximum atomic E-state index is 4.52. The van der Waals surface area contributed by atoms with Gasteiger partial charge in [-0.2, -0.15) is 0 Å². The molecule has 0 aliphatic heterocycles. The maximum Gasteiger partial charge on any atom is 0.0774 e. The van der Waals surface area contributed by atoms with Crippen molar-refractivity contribution in [3.63, 3.8) is 0 Å². The number of allylic oxidation sites excluding steroid dienone is 4. The van der Waals surface area contributed by atoms with Crippen LogP contribution in [-0.4, -0.2) is 4.98 Å². The molecule has 0 aliphatic carbocycles. The van der Waals surface area contributed by atoms with Gasteiger partial charge >= 0.3 is 0 Å². The summed E-state index contributed by atoms with van der Waals surface area (Å²) in [6.07, 6.45) is 5.82. The van der Waals surface area contributed by atoms with Crippen molar-refractivity contribution in [3.8, 4) is 0 Å². The zero-order valence-corrected chi connectivity index (χ0v) is 12.5. The summed E-state index contributed by atoms with van der Waals surface area (Å²) in [4.78, 5) is 4.52. The summed E-state index contributed by atoms with van der Waals surface area (Å²) in [6, 6.07) is 8.45. The minimum Gasteiger partial charge on any atom is -0.256 e. The minimum atomic E-state index is 0.431. The molecule has 0 aliphatic rings. The molecule has 0 saturated heterocycles. The largest absolute Gasteiger partial charge is 0.256 e. The lowest BCUT2D eigenvalue weighted by Crippen LogP contribution is -1.93. The van der Waals surface area contributed by atoms with Gasteiger partial charge in [0, 0.05) is 11.6 Å². The zero-order valence-electron chi connectivity index (χ0n) is 12.5. The zero-order chi connectivity index (χ0) is 14.7. The number of aromatic nitrogens is 1. The molecule has 20 heavy (non-hydrogen) atoms. The molecule has 0 radical (unpaired) electrons. The third kappa shape index (κ3) is 2.88. The molecule has 102 valence electrons. The summed E-state index contributed by atoms with van der Waals surface area (Å²) in [6.45, 7) is 14.5. The first kappa shape index (κ1) is 14.3. The lowest BCUT2D eigenvalue weighted by atomic mass is 9.97. The highest BCUT2D eigenvalue weighted by Crippen LogP contribution is 2.26. The predicted molar refractivity (Wildman–Crippen MR) is 88.6 cm³/mol. The lowest BCUT2D eigenvalue weighted by molar-refractivity contribution is 0.793. The molecule has 2 aromatic rings. The molecule has 0 fully saturated rings. The molecule has 0 atom stereocenters. The van der Waals surface area contributed by atoms with Gasteiger partial charge in [0.1, 0.15) is 0 Å². The van der Waals surface area contributed by atoms with Crippen LogP contribution < -0.4 is 0 Å². The van der Waals surface area contributed by atoms with Gasteiger partial charge in [-0.1, -0.05) is 50.8 Å². The molecule has 0 unspecified atom stereocenters. The standard InChI is InChI=1S/C19H21N/c1-6-16(13(2)3)12-15(5)19-18-11-14(4)7-8-17(18)9-10-20-19/h6-13H,1,5H2,2-4H3/b16-12+. The maximum absolute atomic E-state index is 4.52. The van der Waals surface area contributed by atoms with Crippen molar-refractivity contribution in [2.75, 3.05) is 0 Å². The molecule has 1 heteroatoms. The van der Waals surface area contributed by atoms with Gasteiger partial charge in [0.2, 0.25) is 0 Å². The lowest BCUT2D eigenvalue weighted by Gasteiger charge is -2.10. The Balaban J connectivity index is 2.55. The van der Waals surface area contributed by atoms with E-state index in [2.05, 4.69) is 63.2 Å². The molecule has 0 N–H and O–H groups in total. The molecule has 1 heterocycles. The van der Waals surface area contributed by atoms with E-state index < -0.39 is 0 Å². The van der Waals surface area contributed by atoms with Crippen molar-refractivity contribution in [2.45, 2.75) is 20.8 Å². The molecule has 0 amide bonds. The summed E-state index contributed by atoms with van der Waals surface area (Å²) in [5, 5.41) is 2.35. The summed E-state index contributed by atoms with van der Waals surface area (Å²) in [7, 11) is 0. The Hall–Kier alpha value is -2.15. The molecule has 0 spiro atoms. The van der Waals surface area contributed by atoms with Gasteiger partial charge in [0.15, 0.2) is 0 Å². The summed E-state index contributed by atoms with van der Waals surface area (Å²) >= 11 is 0. The van der Waals surface area contributed by atoms with E-state index in [0.29, 0.717) is 5.92 Å². The van der Waals surface area contributed by atoms with Crippen molar-refractivity contribution in [1.82, 2.24) is 4.98 Å². The molecule has 1 aromatic heterocycles. The molecular formula is C19H21N. The third-order valence-corrected chi connectivity index (χ3v) is 3.47. The number of aryl methyl sites for hydroxylation is 1. The van der Waals surface area contributed by atoms with Gasteiger partial charge < -0.3 is 0 Å². The highest BCUT2D eigenvalue weighted by atomic mass is 14.7. The summed E-state index contributed by atoms with van der Waals surface area (Å²) in [5.74, 6) is 0.431. The van der Waals surface area contributed by atoms with Crippen LogP contribution >= 0.6 is 0 Å². The summed E-state index contributed by atoms with van der Waals surface area (Å²) in [5.41, 5.74) is 4.30. The monoisotopic (exact) mass is 263 g/mol. The number of hydrogen-bond donors (Lipinski definition) is 0. The normalized spacial score (nSPS) is 11.9. The molecule has 0 saturated carbocycles. The van der Waals surface area contributed by atoms with Crippen LogP contribution in [0.5, 0.6) is 0 Å². The first-order valence-electron chi connectivity index (χ1n) is 6.91. The van der Waals surface area contributed by atoms with Crippen molar-refractivity contribution in [1.29, 1.82) is 0 Å². The summed E-state index contributed by atoms with van der Waals surface area (Å²) < 4.78 is 0. The Bertz CT molecular complexity index is 690. The number of hydrogen-bond acceptors (Lipinski definition) is 1. The van der Waals surface area contributed by atoms with E-state index in [1.54, 1.807) is 0 Å². The van der Waals surface area contributed by atoms with E-state index in [1.165, 1.54) is 16.5 Å². The number of rotatable bonds is 4. The fraction of sp³-hybridized carbons (Fsp3) is 0.211. The van der Waals surface area contributed by atoms with E-state index in [1.807, 2.05) is 18.3 Å².